The van der Waals surface area contributed by atoms with Crippen molar-refractivity contribution in [2.24, 2.45) is 17.1 Å². The van der Waals surface area contributed by atoms with Crippen LogP contribution in [0.15, 0.2) is 18.5 Å². The Morgan fingerprint density at radius 1 is 1.24 bits per heavy atom. The second-order valence-electron chi connectivity index (χ2n) is 12.8. The number of amides is 2. The SMILES string of the molecule is CCN(CC)C(=O)Nc1ncnn2c([C@]3(C#N)O[C@H](COC(=O)CC4CCCCC4)[C@@H](OC(=O)[C@@H](N)C(C)(C)C)[C@H]3O)ccc12. The maximum absolute atomic E-state index is 13.1. The normalized spacial score (nSPS) is 24.5. The highest BCUT2D eigenvalue weighted by Gasteiger charge is 2.60. The lowest BCUT2D eigenvalue weighted by Gasteiger charge is -2.29. The molecule has 0 unspecified atom stereocenters. The fraction of sp³-hybridized carbons (Fsp3) is 0.677. The first-order chi connectivity index (χ1) is 21.4. The Morgan fingerprint density at radius 3 is 2.56 bits per heavy atom. The maximum Gasteiger partial charge on any atom is 0.323 e. The van der Waals surface area contributed by atoms with Gasteiger partial charge in [0.25, 0.3) is 0 Å². The van der Waals surface area contributed by atoms with E-state index in [1.165, 1.54) is 16.9 Å². The predicted octanol–water partition coefficient (Wildman–Crippen LogP) is 2.88. The molecule has 5 atom stereocenters. The van der Waals surface area contributed by atoms with E-state index in [1.807, 2.05) is 13.8 Å². The molecule has 1 saturated carbocycles. The number of rotatable bonds is 10. The Bertz CT molecular complexity index is 1410. The molecule has 2 fully saturated rings. The number of urea groups is 1. The molecule has 1 saturated heterocycles. The average molecular weight is 628 g/mol. The number of aliphatic hydroxyl groups is 1. The third-order valence-electron chi connectivity index (χ3n) is 8.73. The quantitative estimate of drug-likeness (QED) is 0.328. The van der Waals surface area contributed by atoms with Crippen molar-refractivity contribution in [1.29, 1.82) is 5.26 Å². The van der Waals surface area contributed by atoms with E-state index in [1.54, 1.807) is 31.7 Å². The minimum absolute atomic E-state index is 0.102. The Kier molecular flexibility index (Phi) is 10.7. The van der Waals surface area contributed by atoms with Crippen LogP contribution in [0.1, 0.15) is 78.8 Å². The third kappa shape index (κ3) is 7.21. The van der Waals surface area contributed by atoms with Crippen LogP contribution in [0.2, 0.25) is 0 Å². The lowest BCUT2D eigenvalue weighted by molar-refractivity contribution is -0.163. The van der Waals surface area contributed by atoms with E-state index in [9.17, 15) is 24.8 Å². The third-order valence-corrected chi connectivity index (χ3v) is 8.73. The van der Waals surface area contributed by atoms with Crippen LogP contribution in [-0.2, 0) is 29.4 Å². The largest absolute Gasteiger partial charge is 0.463 e. The first-order valence-corrected chi connectivity index (χ1v) is 15.6. The Hall–Kier alpha value is -3.80. The Balaban J connectivity index is 1.64. The van der Waals surface area contributed by atoms with Gasteiger partial charge < -0.3 is 30.0 Å². The smallest absolute Gasteiger partial charge is 0.323 e. The van der Waals surface area contributed by atoms with E-state index in [-0.39, 0.29) is 36.5 Å². The molecule has 0 bridgehead atoms. The lowest BCUT2D eigenvalue weighted by atomic mass is 9.87. The number of aliphatic hydroxyl groups excluding tert-OH is 1. The number of nitrogens with zero attached hydrogens (tertiary/aromatic N) is 5. The predicted molar refractivity (Wildman–Crippen MR) is 163 cm³/mol. The van der Waals surface area contributed by atoms with Crippen molar-refractivity contribution in [2.45, 2.75) is 103 Å². The molecule has 2 amide bonds. The molecule has 2 aliphatic rings. The van der Waals surface area contributed by atoms with Crippen LogP contribution >= 0.6 is 0 Å². The van der Waals surface area contributed by atoms with Crippen molar-refractivity contribution in [3.05, 3.63) is 24.2 Å². The zero-order valence-corrected chi connectivity index (χ0v) is 26.7. The number of nitriles is 1. The van der Waals surface area contributed by atoms with Crippen LogP contribution < -0.4 is 11.1 Å². The van der Waals surface area contributed by atoms with Crippen LogP contribution in [0.3, 0.4) is 0 Å². The molecule has 2 aromatic rings. The molecule has 1 aliphatic carbocycles. The van der Waals surface area contributed by atoms with E-state index < -0.39 is 47.3 Å². The number of hydrogen-bond acceptors (Lipinski definition) is 11. The highest BCUT2D eigenvalue weighted by atomic mass is 16.6. The molecule has 45 heavy (non-hydrogen) atoms. The molecule has 3 heterocycles. The molecule has 4 rings (SSSR count). The van der Waals surface area contributed by atoms with Gasteiger partial charge in [0, 0.05) is 19.5 Å². The molecule has 1 aliphatic heterocycles. The van der Waals surface area contributed by atoms with E-state index in [0.717, 1.165) is 32.1 Å². The van der Waals surface area contributed by atoms with Gasteiger partial charge in [0.05, 0.1) is 5.69 Å². The first-order valence-electron chi connectivity index (χ1n) is 15.6. The summed E-state index contributed by atoms with van der Waals surface area (Å²) in [5.74, 6) is -0.811. The Labute approximate surface area is 263 Å². The van der Waals surface area contributed by atoms with Gasteiger partial charge in [-0.05, 0) is 50.2 Å². The van der Waals surface area contributed by atoms with Crippen molar-refractivity contribution in [3.63, 3.8) is 0 Å². The minimum atomic E-state index is -2.10. The number of nitrogens with two attached hydrogens (primary N) is 1. The van der Waals surface area contributed by atoms with Crippen molar-refractivity contribution < 1.29 is 33.7 Å². The van der Waals surface area contributed by atoms with Crippen LogP contribution in [-0.4, -0.2) is 86.6 Å². The average Bonchev–Trinajstić information content (AvgIpc) is 3.56. The monoisotopic (exact) mass is 627 g/mol. The summed E-state index contributed by atoms with van der Waals surface area (Å²) >= 11 is 0. The van der Waals surface area contributed by atoms with Gasteiger partial charge in [-0.25, -0.2) is 14.3 Å². The molecule has 0 aromatic carbocycles. The number of anilines is 1. The van der Waals surface area contributed by atoms with Crippen molar-refractivity contribution in [3.8, 4) is 6.07 Å². The number of esters is 2. The van der Waals surface area contributed by atoms with E-state index in [4.69, 9.17) is 19.9 Å². The second-order valence-corrected chi connectivity index (χ2v) is 12.8. The number of carbonyl (C=O) groups is 3. The molecular formula is C31H45N7O7. The van der Waals surface area contributed by atoms with Gasteiger partial charge in [-0.2, -0.15) is 10.4 Å². The summed E-state index contributed by atoms with van der Waals surface area (Å²) in [6, 6.07) is 3.73. The molecule has 14 nitrogen and oxygen atoms in total. The van der Waals surface area contributed by atoms with Gasteiger partial charge in [0.15, 0.2) is 11.9 Å². The second kappa shape index (κ2) is 14.1. The standard InChI is InChI=1S/C31H45N7O7/c1-6-37(7-2)29(42)36-27-20-13-14-22(38(20)35-18-34-27)31(17-32)26(40)24(44-28(41)25(33)30(3,4)5)21(45-31)16-43-23(39)15-19-11-9-8-10-12-19/h13-14,18-19,21,24-26,40H,6-12,15-16,33H2,1-5H3,(H,34,35,36,42)/t21-,24-,25-,26-,31+/m1/s1. The molecule has 0 spiro atoms. The zero-order valence-electron chi connectivity index (χ0n) is 26.7. The van der Waals surface area contributed by atoms with Crippen molar-refractivity contribution in [1.82, 2.24) is 19.5 Å². The molecule has 4 N–H and O–H groups in total. The number of carbonyl (C=O) groups excluding carboxylic acids is 3. The Morgan fingerprint density at radius 2 is 1.93 bits per heavy atom. The van der Waals surface area contributed by atoms with Crippen molar-refractivity contribution >= 4 is 29.3 Å². The fourth-order valence-electron chi connectivity index (χ4n) is 5.87. The minimum Gasteiger partial charge on any atom is -0.463 e. The number of fused-ring (bicyclic) bond motifs is 1. The fourth-order valence-corrected chi connectivity index (χ4v) is 5.87. The summed E-state index contributed by atoms with van der Waals surface area (Å²) in [7, 11) is 0. The molecule has 2 aromatic heterocycles. The molecule has 0 radical (unpaired) electrons. The zero-order chi connectivity index (χ0) is 32.9. The van der Waals surface area contributed by atoms with Crippen LogP contribution in [0.5, 0.6) is 0 Å². The van der Waals surface area contributed by atoms with E-state index in [0.29, 0.717) is 18.6 Å². The highest BCUT2D eigenvalue weighted by Crippen LogP contribution is 2.42. The summed E-state index contributed by atoms with van der Waals surface area (Å²) in [4.78, 5) is 44.4. The first kappa shape index (κ1) is 34.1. The van der Waals surface area contributed by atoms with Crippen LogP contribution in [0.25, 0.3) is 5.52 Å². The van der Waals surface area contributed by atoms with Gasteiger partial charge in [-0.15, -0.1) is 0 Å². The summed E-state index contributed by atoms with van der Waals surface area (Å²) in [6.45, 7) is 9.63. The highest BCUT2D eigenvalue weighted by molar-refractivity contribution is 5.92. The van der Waals surface area contributed by atoms with Crippen LogP contribution in [0.4, 0.5) is 10.6 Å². The topological polar surface area (TPSA) is 194 Å². The van der Waals surface area contributed by atoms with Gasteiger partial charge in [-0.3, -0.25) is 14.9 Å². The maximum atomic E-state index is 13.1. The van der Waals surface area contributed by atoms with E-state index >= 15 is 0 Å². The summed E-state index contributed by atoms with van der Waals surface area (Å²) < 4.78 is 18.8. The number of aromatic nitrogens is 3. The van der Waals surface area contributed by atoms with Gasteiger partial charge in [0.1, 0.15) is 42.8 Å². The molecule has 246 valence electrons. The van der Waals surface area contributed by atoms with Crippen molar-refractivity contribution in [2.75, 3.05) is 25.0 Å². The van der Waals surface area contributed by atoms with Gasteiger partial charge >= 0.3 is 18.0 Å². The van der Waals surface area contributed by atoms with E-state index in [2.05, 4.69) is 21.5 Å². The number of hydrogen-bond donors (Lipinski definition) is 3. The number of nitrogens with one attached hydrogen (secondary N) is 1. The summed E-state index contributed by atoms with van der Waals surface area (Å²) in [6.07, 6.45) is 2.34. The summed E-state index contributed by atoms with van der Waals surface area (Å²) in [5.41, 5.74) is 3.83. The van der Waals surface area contributed by atoms with Gasteiger partial charge in [0.2, 0.25) is 5.60 Å². The number of ether oxygens (including phenoxy) is 3. The summed E-state index contributed by atoms with van der Waals surface area (Å²) in [5, 5.41) is 29.2. The molecular weight excluding hydrogens is 582 g/mol. The van der Waals surface area contributed by atoms with Crippen LogP contribution in [0, 0.1) is 22.7 Å². The van der Waals surface area contributed by atoms with Gasteiger partial charge in [-0.1, -0.05) is 40.0 Å². The molecule has 14 heteroatoms. The lowest BCUT2D eigenvalue weighted by Crippen LogP contribution is -2.49.